The number of imidazole rings is 1. The highest BCUT2D eigenvalue weighted by Gasteiger charge is 2.58. The molecule has 1 aliphatic heterocycles. The average Bonchev–Trinajstić information content (AvgIpc) is 3.62. The Bertz CT molecular complexity index is 1740. The van der Waals surface area contributed by atoms with Crippen LogP contribution in [0.1, 0.15) is 90.9 Å². The van der Waals surface area contributed by atoms with Gasteiger partial charge in [0.2, 0.25) is 5.91 Å². The van der Waals surface area contributed by atoms with Crippen LogP contribution in [0.25, 0.3) is 11.3 Å². The molecule has 6 rings (SSSR count). The smallest absolute Gasteiger partial charge is 0.262 e. The van der Waals surface area contributed by atoms with Crippen LogP contribution < -0.4 is 15.7 Å². The minimum Gasteiger partial charge on any atom is -0.398 e. The number of Topliss-reactive ketones (excluding diaryl/α,β-unsaturated/α-hetero) is 1. The highest BCUT2D eigenvalue weighted by molar-refractivity contribution is 6.99. The molecule has 1 saturated carbocycles. The monoisotopic (exact) mass is 722 g/mol. The van der Waals surface area contributed by atoms with E-state index in [9.17, 15) is 14.0 Å². The first kappa shape index (κ1) is 37.8. The number of aromatic nitrogens is 2. The highest BCUT2D eigenvalue weighted by atomic mass is 28.4. The predicted octanol–water partition coefficient (Wildman–Crippen LogP) is 7.59. The molecule has 3 atom stereocenters. The summed E-state index contributed by atoms with van der Waals surface area (Å²) >= 11 is 0. The second-order valence-electron chi connectivity index (χ2n) is 16.2. The van der Waals surface area contributed by atoms with E-state index in [4.69, 9.17) is 4.43 Å². The van der Waals surface area contributed by atoms with Crippen molar-refractivity contribution < 1.29 is 18.4 Å². The minimum atomic E-state index is -2.84. The van der Waals surface area contributed by atoms with Crippen molar-refractivity contribution in [2.24, 2.45) is 11.3 Å². The number of unbranched alkanes of at least 4 members (excludes halogenated alkanes) is 2. The Morgan fingerprint density at radius 3 is 2.17 bits per heavy atom. The Morgan fingerprint density at radius 1 is 0.962 bits per heavy atom. The number of hydrogen-bond acceptors (Lipinski definition) is 5. The van der Waals surface area contributed by atoms with Crippen LogP contribution in [0.5, 0.6) is 0 Å². The quantitative estimate of drug-likeness (QED) is 0.0976. The molecule has 1 aromatic heterocycles. The largest absolute Gasteiger partial charge is 0.398 e. The molecule has 0 bridgehead atoms. The number of ketones is 1. The van der Waals surface area contributed by atoms with Crippen LogP contribution in [0.2, 0.25) is 5.04 Å². The fourth-order valence-corrected chi connectivity index (χ4v) is 12.9. The van der Waals surface area contributed by atoms with Gasteiger partial charge in [-0.3, -0.25) is 9.59 Å². The van der Waals surface area contributed by atoms with E-state index in [1.54, 1.807) is 18.3 Å². The van der Waals surface area contributed by atoms with Gasteiger partial charge in [-0.2, -0.15) is 0 Å². The van der Waals surface area contributed by atoms with Gasteiger partial charge in [0, 0.05) is 12.3 Å². The topological polar surface area (TPSA) is 87.3 Å². The van der Waals surface area contributed by atoms with Crippen molar-refractivity contribution in [1.29, 1.82) is 0 Å². The van der Waals surface area contributed by atoms with Gasteiger partial charge in [0.1, 0.15) is 17.7 Å². The Kier molecular flexibility index (Phi) is 11.6. The van der Waals surface area contributed by atoms with Crippen LogP contribution in [0.3, 0.4) is 0 Å². The molecule has 1 aliphatic carbocycles. The van der Waals surface area contributed by atoms with Crippen molar-refractivity contribution in [1.82, 2.24) is 20.2 Å². The molecule has 1 saturated heterocycles. The van der Waals surface area contributed by atoms with Gasteiger partial charge in [-0.05, 0) is 110 Å². The summed E-state index contributed by atoms with van der Waals surface area (Å²) < 4.78 is 20.7. The average molecular weight is 723 g/mol. The van der Waals surface area contributed by atoms with Gasteiger partial charge in [0.05, 0.1) is 17.9 Å². The number of likely N-dealkylation sites (tertiary alicyclic amines) is 1. The molecule has 4 aromatic rings. The van der Waals surface area contributed by atoms with Gasteiger partial charge in [-0.25, -0.2) is 9.37 Å². The van der Waals surface area contributed by atoms with Gasteiger partial charge in [-0.15, -0.1) is 0 Å². The summed E-state index contributed by atoms with van der Waals surface area (Å²) in [5.74, 6) is 0.686. The summed E-state index contributed by atoms with van der Waals surface area (Å²) in [4.78, 5) is 37.7. The second kappa shape index (κ2) is 16.0. The summed E-state index contributed by atoms with van der Waals surface area (Å²) in [5, 5.41) is 5.47. The molecule has 9 heteroatoms. The van der Waals surface area contributed by atoms with Crippen molar-refractivity contribution in [3.8, 4) is 11.3 Å². The van der Waals surface area contributed by atoms with Crippen molar-refractivity contribution in [3.05, 3.63) is 103 Å². The van der Waals surface area contributed by atoms with Crippen molar-refractivity contribution in [2.75, 3.05) is 20.1 Å². The highest BCUT2D eigenvalue weighted by Crippen LogP contribution is 2.59. The number of rotatable bonds is 15. The zero-order valence-electron chi connectivity index (χ0n) is 31.5. The number of carbonyl (C=O) groups is 2. The maximum absolute atomic E-state index is 13.7. The molecule has 7 nitrogen and oxygen atoms in total. The molecular formula is C43H55FN4O3Si. The number of carbonyl (C=O) groups excluding carboxylic acids is 2. The summed E-state index contributed by atoms with van der Waals surface area (Å²) in [6.45, 7) is 10.7. The molecule has 0 radical (unpaired) electrons. The van der Waals surface area contributed by atoms with Gasteiger partial charge in [0.15, 0.2) is 5.78 Å². The Hall–Kier alpha value is -3.92. The molecule has 3 aromatic carbocycles. The van der Waals surface area contributed by atoms with E-state index >= 15 is 0 Å². The maximum Gasteiger partial charge on any atom is 0.262 e. The minimum absolute atomic E-state index is 0.0462. The number of piperidine rings is 1. The van der Waals surface area contributed by atoms with E-state index in [-0.39, 0.29) is 39.9 Å². The van der Waals surface area contributed by atoms with E-state index < -0.39 is 14.4 Å². The van der Waals surface area contributed by atoms with Crippen LogP contribution in [0, 0.1) is 17.2 Å². The number of halogens is 1. The fourth-order valence-electron chi connectivity index (χ4n) is 8.22. The van der Waals surface area contributed by atoms with Crippen LogP contribution >= 0.6 is 0 Å². The molecule has 52 heavy (non-hydrogen) atoms. The van der Waals surface area contributed by atoms with Crippen LogP contribution in [0.4, 0.5) is 4.39 Å². The lowest BCUT2D eigenvalue weighted by molar-refractivity contribution is -0.125. The summed E-state index contributed by atoms with van der Waals surface area (Å²) in [6.07, 6.45) is 7.84. The number of hydrogen-bond donors (Lipinski definition) is 2. The van der Waals surface area contributed by atoms with Crippen LogP contribution in [-0.4, -0.2) is 61.1 Å². The van der Waals surface area contributed by atoms with Gasteiger partial charge in [-0.1, -0.05) is 94.3 Å². The van der Waals surface area contributed by atoms with E-state index in [1.165, 1.54) is 12.1 Å². The predicted molar refractivity (Wildman–Crippen MR) is 208 cm³/mol. The van der Waals surface area contributed by atoms with Crippen molar-refractivity contribution >= 4 is 30.4 Å². The van der Waals surface area contributed by atoms with Crippen molar-refractivity contribution in [2.45, 2.75) is 96.2 Å². The van der Waals surface area contributed by atoms with Gasteiger partial charge in [0.25, 0.3) is 8.32 Å². The third-order valence-corrected chi connectivity index (χ3v) is 16.6. The standard InChI is InChI=1S/C43H55FN4O3Si/c1-31(51-52(42(2,3)4,34-15-9-6-10-16-34)35-17-11-7-12-18-35)39(49)20-14-8-13-19-37(40-45-30-38(46-40)32-21-23-33(44)24-22-32)47-41(50)36-29-43(36)25-27-48(5)28-26-43/h6-7,9-12,15-18,21-24,30-31,36-37H,8,13-14,19-20,25-29H2,1-5H3,(H,45,46)(H,47,50)/t31?,36-,37?/m1/s1. The first-order valence-corrected chi connectivity index (χ1v) is 20.9. The lowest BCUT2D eigenvalue weighted by Gasteiger charge is -2.44. The molecule has 2 fully saturated rings. The Morgan fingerprint density at radius 2 is 1.58 bits per heavy atom. The number of amides is 1. The fraction of sp³-hybridized carbons (Fsp3) is 0.465. The third-order valence-electron chi connectivity index (χ3n) is 11.5. The Labute approximate surface area is 309 Å². The summed E-state index contributed by atoms with van der Waals surface area (Å²) in [7, 11) is -0.692. The zero-order valence-corrected chi connectivity index (χ0v) is 32.5. The molecule has 276 valence electrons. The summed E-state index contributed by atoms with van der Waals surface area (Å²) in [5.41, 5.74) is 1.76. The summed E-state index contributed by atoms with van der Waals surface area (Å²) in [6, 6.07) is 26.9. The first-order chi connectivity index (χ1) is 24.9. The van der Waals surface area contributed by atoms with E-state index in [1.807, 2.05) is 19.1 Å². The molecular weight excluding hydrogens is 668 g/mol. The Balaban J connectivity index is 1.09. The van der Waals surface area contributed by atoms with Crippen LogP contribution in [-0.2, 0) is 14.0 Å². The molecule has 2 unspecified atom stereocenters. The van der Waals surface area contributed by atoms with Crippen LogP contribution in [0.15, 0.2) is 91.1 Å². The number of nitrogens with one attached hydrogen (secondary N) is 2. The number of aromatic amines is 1. The van der Waals surface area contributed by atoms with Crippen molar-refractivity contribution in [3.63, 3.8) is 0 Å². The number of nitrogens with zero attached hydrogens (tertiary/aromatic N) is 2. The maximum atomic E-state index is 13.7. The normalized spacial score (nSPS) is 18.5. The molecule has 2 aliphatic rings. The molecule has 2 N–H and O–H groups in total. The van der Waals surface area contributed by atoms with E-state index in [0.717, 1.165) is 73.2 Å². The molecule has 2 heterocycles. The lowest BCUT2D eigenvalue weighted by Crippen LogP contribution is -2.68. The van der Waals surface area contributed by atoms with Gasteiger partial charge < -0.3 is 19.6 Å². The van der Waals surface area contributed by atoms with Gasteiger partial charge >= 0.3 is 0 Å². The number of H-pyrrole nitrogens is 1. The third kappa shape index (κ3) is 8.32. The second-order valence-corrected chi connectivity index (χ2v) is 20.4. The first-order valence-electron chi connectivity index (χ1n) is 19.0. The van der Waals surface area contributed by atoms with E-state index in [2.05, 4.69) is 96.5 Å². The molecule has 1 spiro atoms. The van der Waals surface area contributed by atoms with E-state index in [0.29, 0.717) is 18.7 Å². The lowest BCUT2D eigenvalue weighted by atomic mass is 9.91. The number of benzene rings is 3. The molecule has 1 amide bonds. The SMILES string of the molecule is CC(O[Si](c1ccccc1)(c1ccccc1)C(C)(C)C)C(=O)CCCCCC(NC(=O)[C@H]1CC12CCN(C)CC2)c1ncc(-c2ccc(F)cc2)[nH]1. The zero-order chi connectivity index (χ0) is 36.9.